The smallest absolute Gasteiger partial charge is 0.257 e. The third-order valence-electron chi connectivity index (χ3n) is 4.69. The molecule has 2 atom stereocenters. The predicted molar refractivity (Wildman–Crippen MR) is 74.3 cm³/mol. The lowest BCUT2D eigenvalue weighted by molar-refractivity contribution is -0.122. The quantitative estimate of drug-likeness (QED) is 0.898. The number of aromatic amines is 1. The van der Waals surface area contributed by atoms with Crippen LogP contribution in [0.25, 0.3) is 0 Å². The highest BCUT2D eigenvalue weighted by atomic mass is 16.2. The number of aromatic nitrogens is 2. The van der Waals surface area contributed by atoms with Gasteiger partial charge in [0.1, 0.15) is 5.78 Å². The van der Waals surface area contributed by atoms with E-state index in [1.807, 2.05) is 11.8 Å². The van der Waals surface area contributed by atoms with Crippen molar-refractivity contribution in [3.05, 3.63) is 17.5 Å². The normalized spacial score (nSPS) is 27.1. The molecule has 1 saturated heterocycles. The van der Waals surface area contributed by atoms with E-state index in [0.29, 0.717) is 17.8 Å². The van der Waals surface area contributed by atoms with Crippen LogP contribution in [0.5, 0.6) is 0 Å². The molecule has 1 aromatic heterocycles. The molecule has 0 aromatic carbocycles. The number of hydrogen-bond acceptors (Lipinski definition) is 3. The second-order valence-corrected chi connectivity index (χ2v) is 5.94. The Balaban J connectivity index is 1.84. The van der Waals surface area contributed by atoms with E-state index < -0.39 is 0 Å². The molecule has 1 aliphatic heterocycles. The number of likely N-dealkylation sites (tertiary alicyclic amines) is 1. The number of nitrogens with zero attached hydrogens (tertiary/aromatic N) is 2. The Morgan fingerprint density at radius 2 is 2.20 bits per heavy atom. The van der Waals surface area contributed by atoms with Crippen LogP contribution >= 0.6 is 0 Å². The van der Waals surface area contributed by atoms with Crippen LogP contribution in [0.2, 0.25) is 0 Å². The minimum Gasteiger partial charge on any atom is -0.335 e. The second-order valence-electron chi connectivity index (χ2n) is 5.94. The van der Waals surface area contributed by atoms with Crippen LogP contribution in [0, 0.1) is 12.8 Å². The molecule has 1 aliphatic carbocycles. The number of piperidine rings is 1. The zero-order valence-corrected chi connectivity index (χ0v) is 11.9. The fourth-order valence-corrected chi connectivity index (χ4v) is 3.60. The maximum absolute atomic E-state index is 12.7. The third kappa shape index (κ3) is 2.25. The topological polar surface area (TPSA) is 66.1 Å². The summed E-state index contributed by atoms with van der Waals surface area (Å²) in [5, 5.41) is 6.75. The number of aryl methyl sites for hydroxylation is 1. The summed E-state index contributed by atoms with van der Waals surface area (Å²) in [5.41, 5.74) is 1.44. The molecule has 0 radical (unpaired) electrons. The van der Waals surface area contributed by atoms with Crippen LogP contribution in [-0.2, 0) is 4.79 Å². The molecular weight excluding hydrogens is 254 g/mol. The van der Waals surface area contributed by atoms with Crippen molar-refractivity contribution in [2.75, 3.05) is 6.54 Å². The van der Waals surface area contributed by atoms with Crippen molar-refractivity contribution in [2.24, 2.45) is 5.92 Å². The summed E-state index contributed by atoms with van der Waals surface area (Å²) >= 11 is 0. The highest BCUT2D eigenvalue weighted by Crippen LogP contribution is 2.33. The fraction of sp³-hybridized carbons (Fsp3) is 0.667. The molecular formula is C15H21N3O2. The van der Waals surface area contributed by atoms with Gasteiger partial charge in [-0.25, -0.2) is 0 Å². The summed E-state index contributed by atoms with van der Waals surface area (Å²) in [4.78, 5) is 26.7. The monoisotopic (exact) mass is 275 g/mol. The van der Waals surface area contributed by atoms with Gasteiger partial charge in [-0.15, -0.1) is 0 Å². The molecule has 1 amide bonds. The lowest BCUT2D eigenvalue weighted by Gasteiger charge is -2.38. The highest BCUT2D eigenvalue weighted by Gasteiger charge is 2.39. The Kier molecular flexibility index (Phi) is 3.59. The van der Waals surface area contributed by atoms with Crippen LogP contribution in [0.15, 0.2) is 6.20 Å². The number of carbonyl (C=O) groups is 2. The number of nitrogens with one attached hydrogen (secondary N) is 1. The molecule has 5 heteroatoms. The van der Waals surface area contributed by atoms with E-state index in [1.165, 1.54) is 0 Å². The average Bonchev–Trinajstić information content (AvgIpc) is 3.06. The molecule has 3 rings (SSSR count). The molecule has 2 fully saturated rings. The van der Waals surface area contributed by atoms with Crippen LogP contribution < -0.4 is 0 Å². The molecule has 0 bridgehead atoms. The average molecular weight is 275 g/mol. The molecule has 2 aliphatic rings. The van der Waals surface area contributed by atoms with Gasteiger partial charge in [0, 0.05) is 30.6 Å². The number of carbonyl (C=O) groups excluding carboxylic acids is 2. The Labute approximate surface area is 118 Å². The van der Waals surface area contributed by atoms with E-state index in [9.17, 15) is 9.59 Å². The van der Waals surface area contributed by atoms with Gasteiger partial charge in [-0.1, -0.05) is 0 Å². The molecule has 5 nitrogen and oxygen atoms in total. The largest absolute Gasteiger partial charge is 0.335 e. The van der Waals surface area contributed by atoms with Gasteiger partial charge in [-0.2, -0.15) is 5.10 Å². The summed E-state index contributed by atoms with van der Waals surface area (Å²) in [6.45, 7) is 2.62. The van der Waals surface area contributed by atoms with E-state index in [2.05, 4.69) is 10.2 Å². The van der Waals surface area contributed by atoms with E-state index >= 15 is 0 Å². The standard InChI is InChI=1S/C15H21N3O2/c1-10-12(9-16-17-10)15(20)18-8-3-2-6-13(18)11-5-4-7-14(11)19/h9,11,13H,2-8H2,1H3,(H,16,17). The maximum atomic E-state index is 12.7. The Bertz CT molecular complexity index is 523. The summed E-state index contributed by atoms with van der Waals surface area (Å²) in [6, 6.07) is 0.0977. The molecule has 2 heterocycles. The molecule has 20 heavy (non-hydrogen) atoms. The first-order valence-electron chi connectivity index (χ1n) is 7.52. The SMILES string of the molecule is Cc1[nH]ncc1C(=O)N1CCCCC1C1CCCC1=O. The van der Waals surface area contributed by atoms with Crippen LogP contribution in [-0.4, -0.2) is 39.4 Å². The number of amides is 1. The van der Waals surface area contributed by atoms with Gasteiger partial charge in [-0.3, -0.25) is 14.7 Å². The van der Waals surface area contributed by atoms with Crippen molar-refractivity contribution in [1.82, 2.24) is 15.1 Å². The van der Waals surface area contributed by atoms with Crippen molar-refractivity contribution in [1.29, 1.82) is 0 Å². The Morgan fingerprint density at radius 1 is 1.35 bits per heavy atom. The van der Waals surface area contributed by atoms with Gasteiger partial charge in [-0.05, 0) is 39.0 Å². The summed E-state index contributed by atoms with van der Waals surface area (Å²) in [6.07, 6.45) is 7.31. The number of H-pyrrole nitrogens is 1. The van der Waals surface area contributed by atoms with E-state index in [1.54, 1.807) is 6.20 Å². The first-order valence-corrected chi connectivity index (χ1v) is 7.52. The zero-order valence-electron chi connectivity index (χ0n) is 11.9. The highest BCUT2D eigenvalue weighted by molar-refractivity contribution is 5.96. The van der Waals surface area contributed by atoms with Crippen molar-refractivity contribution < 1.29 is 9.59 Å². The van der Waals surface area contributed by atoms with E-state index in [4.69, 9.17) is 0 Å². The van der Waals surface area contributed by atoms with E-state index in [0.717, 1.165) is 44.3 Å². The van der Waals surface area contributed by atoms with Gasteiger partial charge < -0.3 is 4.90 Å². The van der Waals surface area contributed by atoms with Crippen molar-refractivity contribution in [2.45, 2.75) is 51.5 Å². The minimum absolute atomic E-state index is 0.0284. The first kappa shape index (κ1) is 13.3. The molecule has 2 unspecified atom stereocenters. The number of hydrogen-bond donors (Lipinski definition) is 1. The van der Waals surface area contributed by atoms with Crippen LogP contribution in [0.3, 0.4) is 0 Å². The summed E-state index contributed by atoms with van der Waals surface area (Å²) < 4.78 is 0. The number of Topliss-reactive ketones (excluding diaryl/α,β-unsaturated/α-hetero) is 1. The molecule has 1 N–H and O–H groups in total. The molecule has 108 valence electrons. The van der Waals surface area contributed by atoms with Gasteiger partial charge in [0.2, 0.25) is 0 Å². The molecule has 0 spiro atoms. The predicted octanol–water partition coefficient (Wildman–Crippen LogP) is 2.08. The number of rotatable bonds is 2. The lowest BCUT2D eigenvalue weighted by Crippen LogP contribution is -2.48. The number of ketones is 1. The van der Waals surface area contributed by atoms with Crippen molar-refractivity contribution in [3.63, 3.8) is 0 Å². The van der Waals surface area contributed by atoms with Gasteiger partial charge >= 0.3 is 0 Å². The van der Waals surface area contributed by atoms with E-state index in [-0.39, 0.29) is 17.9 Å². The lowest BCUT2D eigenvalue weighted by atomic mass is 9.88. The maximum Gasteiger partial charge on any atom is 0.257 e. The van der Waals surface area contributed by atoms with Crippen molar-refractivity contribution >= 4 is 11.7 Å². The molecule has 1 saturated carbocycles. The van der Waals surface area contributed by atoms with Crippen LogP contribution in [0.4, 0.5) is 0 Å². The Morgan fingerprint density at radius 3 is 2.85 bits per heavy atom. The molecule has 1 aromatic rings. The van der Waals surface area contributed by atoms with Gasteiger partial charge in [0.15, 0.2) is 0 Å². The van der Waals surface area contributed by atoms with Gasteiger partial charge in [0.25, 0.3) is 5.91 Å². The third-order valence-corrected chi connectivity index (χ3v) is 4.69. The summed E-state index contributed by atoms with van der Waals surface area (Å²) in [5.74, 6) is 0.436. The first-order chi connectivity index (χ1) is 9.68. The van der Waals surface area contributed by atoms with Gasteiger partial charge in [0.05, 0.1) is 11.8 Å². The fourth-order valence-electron chi connectivity index (χ4n) is 3.60. The minimum atomic E-state index is 0.0284. The Hall–Kier alpha value is -1.65. The zero-order chi connectivity index (χ0) is 14.1. The second kappa shape index (κ2) is 5.38. The summed E-state index contributed by atoms with van der Waals surface area (Å²) in [7, 11) is 0. The van der Waals surface area contributed by atoms with Crippen molar-refractivity contribution in [3.8, 4) is 0 Å². The van der Waals surface area contributed by atoms with Crippen LogP contribution in [0.1, 0.15) is 54.6 Å².